The lowest BCUT2D eigenvalue weighted by Crippen LogP contribution is -2.28. The van der Waals surface area contributed by atoms with Crippen LogP contribution in [0.25, 0.3) is 0 Å². The highest BCUT2D eigenvalue weighted by atomic mass is 16.6. The van der Waals surface area contributed by atoms with Gasteiger partial charge >= 0.3 is 11.9 Å². The first kappa shape index (κ1) is 82.3. The number of rotatable bonds is 68. The average Bonchev–Trinajstić information content (AvgIpc) is 3.54. The van der Waals surface area contributed by atoms with Crippen molar-refractivity contribution in [2.24, 2.45) is 0 Å². The van der Waals surface area contributed by atoms with Crippen molar-refractivity contribution < 1.29 is 24.2 Å². The van der Waals surface area contributed by atoms with E-state index in [0.717, 1.165) is 103 Å². The van der Waals surface area contributed by atoms with E-state index in [1.54, 1.807) is 0 Å². The molecule has 0 aromatic heterocycles. The van der Waals surface area contributed by atoms with Crippen LogP contribution in [0.2, 0.25) is 0 Å². The Morgan fingerprint density at radius 2 is 0.465 bits per heavy atom. The van der Waals surface area contributed by atoms with Crippen LogP contribution in [0.5, 0.6) is 0 Å². The second-order valence-corrected chi connectivity index (χ2v) is 24.6. The second-order valence-electron chi connectivity index (χ2n) is 24.6. The second kappa shape index (κ2) is 75.5. The maximum absolute atomic E-state index is 12.4. The minimum atomic E-state index is -0.777. The Hall–Kier alpha value is -3.70. The molecule has 0 fully saturated rings. The van der Waals surface area contributed by atoms with E-state index in [-0.39, 0.29) is 25.2 Å². The topological polar surface area (TPSA) is 72.8 Å². The van der Waals surface area contributed by atoms with E-state index in [0.29, 0.717) is 12.8 Å². The van der Waals surface area contributed by atoms with Gasteiger partial charge in [0.1, 0.15) is 6.61 Å². The van der Waals surface area contributed by atoms with Gasteiger partial charge in [-0.05, 0) is 103 Å². The maximum Gasteiger partial charge on any atom is 0.306 e. The third-order valence-corrected chi connectivity index (χ3v) is 16.3. The van der Waals surface area contributed by atoms with Gasteiger partial charge in [-0.1, -0.05) is 367 Å². The standard InChI is InChI=1S/C81H140O5/c1-3-5-7-9-11-13-15-17-19-21-23-25-27-29-31-33-35-36-37-38-39-40-41-42-43-44-46-48-50-52-54-56-58-60-62-64-66-68-70-72-74-76-81(84)86-79(77-82)78-85-80(83)75-73-71-69-67-65-63-61-59-57-55-53-51-49-47-45-34-32-30-28-26-24-22-20-18-16-14-12-10-8-6-4-2/h5-8,11-14,17-20,23-26,29-32,79,82H,3-4,9-10,15-16,21-22,27-28,33-78H2,1-2H3/b7-5-,8-6-,13-11-,14-12-,19-17-,20-18-,25-23-,26-24-,31-29-,32-30-. The predicted octanol–water partition coefficient (Wildman–Crippen LogP) is 26.1. The molecule has 494 valence electrons. The molecular weight excluding hydrogens is 1050 g/mol. The van der Waals surface area contributed by atoms with Gasteiger partial charge in [-0.3, -0.25) is 9.59 Å². The van der Waals surface area contributed by atoms with Gasteiger partial charge in [0, 0.05) is 12.8 Å². The summed E-state index contributed by atoms with van der Waals surface area (Å²) in [5, 5.41) is 9.72. The average molecular weight is 1190 g/mol. The van der Waals surface area contributed by atoms with Crippen molar-refractivity contribution in [2.45, 2.75) is 367 Å². The minimum absolute atomic E-state index is 0.0657. The molecule has 0 aromatic rings. The Kier molecular flexibility index (Phi) is 72.3. The Labute approximate surface area is 534 Å². The number of unbranched alkanes of at least 4 members (excludes halogenated alkanes) is 40. The normalized spacial score (nSPS) is 12.9. The fraction of sp³-hybridized carbons (Fsp3) is 0.728. The highest BCUT2D eigenvalue weighted by Gasteiger charge is 2.16. The molecule has 1 unspecified atom stereocenters. The molecule has 0 heterocycles. The van der Waals surface area contributed by atoms with Crippen molar-refractivity contribution >= 4 is 11.9 Å². The highest BCUT2D eigenvalue weighted by Crippen LogP contribution is 2.18. The third-order valence-electron chi connectivity index (χ3n) is 16.3. The van der Waals surface area contributed by atoms with Gasteiger partial charge in [-0.15, -0.1) is 0 Å². The van der Waals surface area contributed by atoms with Crippen LogP contribution in [-0.2, 0) is 19.1 Å². The van der Waals surface area contributed by atoms with Crippen molar-refractivity contribution in [3.63, 3.8) is 0 Å². The van der Waals surface area contributed by atoms with Gasteiger partial charge < -0.3 is 14.6 Å². The summed E-state index contributed by atoms with van der Waals surface area (Å²) in [5.41, 5.74) is 0. The van der Waals surface area contributed by atoms with Crippen LogP contribution in [0.1, 0.15) is 361 Å². The summed E-state index contributed by atoms with van der Waals surface area (Å²) in [6.07, 6.45) is 111. The quantitative estimate of drug-likeness (QED) is 0.0373. The van der Waals surface area contributed by atoms with Gasteiger partial charge in [0.15, 0.2) is 6.10 Å². The smallest absolute Gasteiger partial charge is 0.306 e. The largest absolute Gasteiger partial charge is 0.462 e. The van der Waals surface area contributed by atoms with Crippen LogP contribution in [-0.4, -0.2) is 36.4 Å². The number of hydrogen-bond acceptors (Lipinski definition) is 5. The zero-order chi connectivity index (χ0) is 61.9. The molecule has 5 nitrogen and oxygen atoms in total. The Bertz CT molecular complexity index is 1690. The lowest BCUT2D eigenvalue weighted by molar-refractivity contribution is -0.161. The molecule has 1 atom stereocenters. The number of ether oxygens (including phenoxy) is 2. The summed E-state index contributed by atoms with van der Waals surface area (Å²) in [6.45, 7) is 3.95. The van der Waals surface area contributed by atoms with Crippen LogP contribution in [0.4, 0.5) is 0 Å². The maximum atomic E-state index is 12.4. The number of allylic oxidation sites excluding steroid dienone is 20. The van der Waals surface area contributed by atoms with Crippen LogP contribution in [0.15, 0.2) is 122 Å². The van der Waals surface area contributed by atoms with E-state index in [9.17, 15) is 14.7 Å². The molecule has 0 aliphatic heterocycles. The monoisotopic (exact) mass is 1190 g/mol. The molecule has 0 spiro atoms. The fourth-order valence-corrected chi connectivity index (χ4v) is 10.8. The molecule has 0 aliphatic carbocycles. The van der Waals surface area contributed by atoms with Crippen molar-refractivity contribution in [3.8, 4) is 0 Å². The Morgan fingerprint density at radius 3 is 0.698 bits per heavy atom. The predicted molar refractivity (Wildman–Crippen MR) is 380 cm³/mol. The van der Waals surface area contributed by atoms with Gasteiger partial charge in [0.05, 0.1) is 6.61 Å². The molecule has 0 aliphatic rings. The lowest BCUT2D eigenvalue weighted by atomic mass is 10.0. The summed E-state index contributed by atoms with van der Waals surface area (Å²) in [6, 6.07) is 0. The summed E-state index contributed by atoms with van der Waals surface area (Å²) in [5.74, 6) is -0.577. The van der Waals surface area contributed by atoms with Gasteiger partial charge in [0.25, 0.3) is 0 Å². The number of esters is 2. The van der Waals surface area contributed by atoms with E-state index in [1.807, 2.05) is 0 Å². The zero-order valence-electron chi connectivity index (χ0n) is 56.8. The highest BCUT2D eigenvalue weighted by molar-refractivity contribution is 5.70. The fourth-order valence-electron chi connectivity index (χ4n) is 10.8. The number of hydrogen-bond donors (Lipinski definition) is 1. The lowest BCUT2D eigenvalue weighted by Gasteiger charge is -2.15. The number of carbonyl (C=O) groups excluding carboxylic acids is 2. The Morgan fingerprint density at radius 1 is 0.267 bits per heavy atom. The molecular formula is C81H140O5. The third kappa shape index (κ3) is 72.8. The van der Waals surface area contributed by atoms with Crippen molar-refractivity contribution in [1.29, 1.82) is 0 Å². The molecule has 0 aromatic carbocycles. The summed E-state index contributed by atoms with van der Waals surface area (Å²) < 4.78 is 10.8. The summed E-state index contributed by atoms with van der Waals surface area (Å²) in [4.78, 5) is 24.7. The SMILES string of the molecule is CC/C=C\C/C=C\C/C=C\C/C=C\C/C=C\CCCCCCCCCCCCCCCCCCCCCCCCCCCC(=O)OC(CO)COC(=O)CCCCCCCCCCCCCCCCC/C=C\C/C=C\C/C=C\C/C=C\C/C=C\CC. The van der Waals surface area contributed by atoms with Crippen molar-refractivity contribution in [2.75, 3.05) is 13.2 Å². The molecule has 0 bridgehead atoms. The van der Waals surface area contributed by atoms with E-state index < -0.39 is 6.10 Å². The van der Waals surface area contributed by atoms with Gasteiger partial charge in [0.2, 0.25) is 0 Å². The van der Waals surface area contributed by atoms with Crippen molar-refractivity contribution in [1.82, 2.24) is 0 Å². The van der Waals surface area contributed by atoms with Crippen molar-refractivity contribution in [3.05, 3.63) is 122 Å². The molecule has 0 radical (unpaired) electrons. The zero-order valence-corrected chi connectivity index (χ0v) is 56.8. The molecule has 1 N–H and O–H groups in total. The first-order valence-electron chi connectivity index (χ1n) is 37.1. The van der Waals surface area contributed by atoms with Crippen LogP contribution in [0.3, 0.4) is 0 Å². The molecule has 0 amide bonds. The molecule has 0 saturated carbocycles. The van der Waals surface area contributed by atoms with Crippen LogP contribution in [0, 0.1) is 0 Å². The number of aliphatic hydroxyl groups excluding tert-OH is 1. The molecule has 5 heteroatoms. The van der Waals surface area contributed by atoms with E-state index in [4.69, 9.17) is 9.47 Å². The van der Waals surface area contributed by atoms with Crippen LogP contribution < -0.4 is 0 Å². The molecule has 86 heavy (non-hydrogen) atoms. The first-order valence-corrected chi connectivity index (χ1v) is 37.1. The van der Waals surface area contributed by atoms with E-state index >= 15 is 0 Å². The number of carbonyl (C=O) groups is 2. The first-order chi connectivity index (χ1) is 42.6. The summed E-state index contributed by atoms with van der Waals surface area (Å²) >= 11 is 0. The van der Waals surface area contributed by atoms with Crippen LogP contribution >= 0.6 is 0 Å². The molecule has 0 saturated heterocycles. The minimum Gasteiger partial charge on any atom is -0.462 e. The Balaban J connectivity index is 3.42. The van der Waals surface area contributed by atoms with Gasteiger partial charge in [-0.2, -0.15) is 0 Å². The summed E-state index contributed by atoms with van der Waals surface area (Å²) in [7, 11) is 0. The van der Waals surface area contributed by atoms with E-state index in [1.165, 1.54) is 231 Å². The van der Waals surface area contributed by atoms with E-state index in [2.05, 4.69) is 135 Å². The molecule has 0 rings (SSSR count). The van der Waals surface area contributed by atoms with Gasteiger partial charge in [-0.25, -0.2) is 0 Å². The number of aliphatic hydroxyl groups is 1.